The number of halogens is 1. The maximum absolute atomic E-state index is 5.75. The molecule has 17 heavy (non-hydrogen) atoms. The number of pyridine rings is 1. The second-order valence-corrected chi connectivity index (χ2v) is 4.40. The van der Waals surface area contributed by atoms with E-state index in [2.05, 4.69) is 41.4 Å². The van der Waals surface area contributed by atoms with Crippen molar-refractivity contribution in [2.75, 3.05) is 17.6 Å². The van der Waals surface area contributed by atoms with E-state index >= 15 is 0 Å². The molecule has 6 nitrogen and oxygen atoms in total. The Morgan fingerprint density at radius 3 is 3.00 bits per heavy atom. The van der Waals surface area contributed by atoms with Gasteiger partial charge in [0.2, 0.25) is 0 Å². The van der Waals surface area contributed by atoms with Gasteiger partial charge in [-0.2, -0.15) is 5.10 Å². The van der Waals surface area contributed by atoms with Gasteiger partial charge in [-0.1, -0.05) is 0 Å². The van der Waals surface area contributed by atoms with Gasteiger partial charge in [0, 0.05) is 13.0 Å². The number of nitrogens with two attached hydrogens (primary N) is 1. The number of hydrogen-bond acceptors (Lipinski definition) is 5. The van der Waals surface area contributed by atoms with Crippen molar-refractivity contribution in [3.8, 4) is 0 Å². The van der Waals surface area contributed by atoms with E-state index in [1.54, 1.807) is 6.20 Å². The van der Waals surface area contributed by atoms with Gasteiger partial charge in [0.25, 0.3) is 0 Å². The molecule has 0 radical (unpaired) electrons. The minimum Gasteiger partial charge on any atom is -0.397 e. The molecule has 0 bridgehead atoms. The summed E-state index contributed by atoms with van der Waals surface area (Å²) in [5.74, 6) is 1.64. The average Bonchev–Trinajstić information content (AvgIpc) is 2.82. The normalized spacial score (nSPS) is 10.5. The van der Waals surface area contributed by atoms with E-state index in [9.17, 15) is 0 Å². The van der Waals surface area contributed by atoms with Gasteiger partial charge in [-0.05, 0) is 28.4 Å². The van der Waals surface area contributed by atoms with Gasteiger partial charge in [0.1, 0.15) is 18.0 Å². The predicted octanol–water partition coefficient (Wildman–Crippen LogP) is 1.51. The number of H-pyrrole nitrogens is 1. The van der Waals surface area contributed by atoms with Crippen LogP contribution in [0.4, 0.5) is 11.5 Å². The molecule has 4 N–H and O–H groups in total. The van der Waals surface area contributed by atoms with Crippen molar-refractivity contribution in [2.45, 2.75) is 13.3 Å². The number of nitrogens with one attached hydrogen (secondary N) is 2. The van der Waals surface area contributed by atoms with Crippen LogP contribution in [0.15, 0.2) is 17.0 Å². The summed E-state index contributed by atoms with van der Waals surface area (Å²) in [5, 5.41) is 9.81. The highest BCUT2D eigenvalue weighted by Gasteiger charge is 2.06. The molecule has 0 saturated carbocycles. The smallest absolute Gasteiger partial charge is 0.140 e. The summed E-state index contributed by atoms with van der Waals surface area (Å²) in [6.07, 6.45) is 3.91. The largest absolute Gasteiger partial charge is 0.397 e. The zero-order valence-corrected chi connectivity index (χ0v) is 11.0. The SMILES string of the molecule is Cc1c(N)cnc(NCCc2ncn[nH]2)c1Br. The zero-order valence-electron chi connectivity index (χ0n) is 9.37. The van der Waals surface area contributed by atoms with Gasteiger partial charge < -0.3 is 11.1 Å². The van der Waals surface area contributed by atoms with Crippen molar-refractivity contribution in [2.24, 2.45) is 0 Å². The number of aromatic nitrogens is 4. The minimum atomic E-state index is 0.678. The molecule has 2 aromatic heterocycles. The number of anilines is 2. The first-order valence-electron chi connectivity index (χ1n) is 5.17. The summed E-state index contributed by atoms with van der Waals surface area (Å²) in [4.78, 5) is 8.27. The molecule has 0 aromatic carbocycles. The molecule has 2 heterocycles. The summed E-state index contributed by atoms with van der Waals surface area (Å²) in [6.45, 7) is 2.67. The van der Waals surface area contributed by atoms with E-state index in [1.807, 2.05) is 6.92 Å². The number of nitrogens with zero attached hydrogens (tertiary/aromatic N) is 3. The number of rotatable bonds is 4. The van der Waals surface area contributed by atoms with E-state index in [0.717, 1.165) is 34.6 Å². The standard InChI is InChI=1S/C10H13BrN6/c1-6-7(12)4-14-10(9(6)11)13-3-2-8-15-5-16-17-8/h4-5H,2-3,12H2,1H3,(H,13,14)(H,15,16,17). The van der Waals surface area contributed by atoms with E-state index in [4.69, 9.17) is 5.73 Å². The van der Waals surface area contributed by atoms with Crippen LogP contribution in [0.25, 0.3) is 0 Å². The van der Waals surface area contributed by atoms with Gasteiger partial charge in [0.15, 0.2) is 0 Å². The highest BCUT2D eigenvalue weighted by Crippen LogP contribution is 2.27. The Hall–Kier alpha value is -1.63. The number of nitrogen functional groups attached to an aromatic ring is 1. The molecule has 2 aromatic rings. The van der Waals surface area contributed by atoms with Crippen LogP contribution in [0.2, 0.25) is 0 Å². The number of hydrogen-bond donors (Lipinski definition) is 3. The fraction of sp³-hybridized carbons (Fsp3) is 0.300. The van der Waals surface area contributed by atoms with Crippen molar-refractivity contribution in [3.63, 3.8) is 0 Å². The topological polar surface area (TPSA) is 92.5 Å². The highest BCUT2D eigenvalue weighted by atomic mass is 79.9. The molecule has 0 fully saturated rings. The van der Waals surface area contributed by atoms with Crippen LogP contribution >= 0.6 is 15.9 Å². The quantitative estimate of drug-likeness (QED) is 0.795. The Kier molecular flexibility index (Phi) is 3.58. The van der Waals surface area contributed by atoms with E-state index in [1.165, 1.54) is 6.33 Å². The van der Waals surface area contributed by atoms with Crippen LogP contribution in [0, 0.1) is 6.92 Å². The Labute approximate surface area is 107 Å². The molecule has 0 amide bonds. The lowest BCUT2D eigenvalue weighted by molar-refractivity contribution is 0.896. The van der Waals surface area contributed by atoms with Gasteiger partial charge >= 0.3 is 0 Å². The Morgan fingerprint density at radius 1 is 1.47 bits per heavy atom. The van der Waals surface area contributed by atoms with E-state index in [-0.39, 0.29) is 0 Å². The second-order valence-electron chi connectivity index (χ2n) is 3.61. The first-order valence-corrected chi connectivity index (χ1v) is 5.96. The van der Waals surface area contributed by atoms with Gasteiger partial charge in [-0.25, -0.2) is 9.97 Å². The fourth-order valence-corrected chi connectivity index (χ4v) is 1.84. The molecule has 7 heteroatoms. The molecule has 0 aliphatic carbocycles. The molecule has 90 valence electrons. The van der Waals surface area contributed by atoms with Crippen LogP contribution < -0.4 is 11.1 Å². The molecule has 0 aliphatic heterocycles. The molecule has 0 aliphatic rings. The molecule has 2 rings (SSSR count). The summed E-state index contributed by atoms with van der Waals surface area (Å²) in [5.41, 5.74) is 7.42. The maximum Gasteiger partial charge on any atom is 0.140 e. The predicted molar refractivity (Wildman–Crippen MR) is 69.7 cm³/mol. The monoisotopic (exact) mass is 296 g/mol. The zero-order chi connectivity index (χ0) is 12.3. The highest BCUT2D eigenvalue weighted by molar-refractivity contribution is 9.10. The van der Waals surface area contributed by atoms with E-state index in [0.29, 0.717) is 5.69 Å². The molecule has 0 unspecified atom stereocenters. The fourth-order valence-electron chi connectivity index (χ4n) is 1.37. The number of aromatic amines is 1. The summed E-state index contributed by atoms with van der Waals surface area (Å²) in [7, 11) is 0. The summed E-state index contributed by atoms with van der Waals surface area (Å²) < 4.78 is 0.898. The first kappa shape index (κ1) is 11.8. The van der Waals surface area contributed by atoms with Crippen molar-refractivity contribution < 1.29 is 0 Å². The van der Waals surface area contributed by atoms with Crippen LogP contribution in [0.1, 0.15) is 11.4 Å². The van der Waals surface area contributed by atoms with Crippen LogP contribution in [0.5, 0.6) is 0 Å². The van der Waals surface area contributed by atoms with Gasteiger partial charge in [0.05, 0.1) is 16.4 Å². The lowest BCUT2D eigenvalue weighted by atomic mass is 10.2. The van der Waals surface area contributed by atoms with Crippen LogP contribution in [-0.2, 0) is 6.42 Å². The van der Waals surface area contributed by atoms with Crippen molar-refractivity contribution in [1.82, 2.24) is 20.2 Å². The second kappa shape index (κ2) is 5.13. The van der Waals surface area contributed by atoms with E-state index < -0.39 is 0 Å². The Morgan fingerprint density at radius 2 is 2.29 bits per heavy atom. The molecular formula is C10H13BrN6. The lowest BCUT2D eigenvalue weighted by Crippen LogP contribution is -2.09. The van der Waals surface area contributed by atoms with Crippen molar-refractivity contribution >= 4 is 27.4 Å². The minimum absolute atomic E-state index is 0.678. The molecule has 0 spiro atoms. The molecular weight excluding hydrogens is 284 g/mol. The van der Waals surface area contributed by atoms with Crippen LogP contribution in [0.3, 0.4) is 0 Å². The third kappa shape index (κ3) is 2.73. The average molecular weight is 297 g/mol. The summed E-state index contributed by atoms with van der Waals surface area (Å²) in [6, 6.07) is 0. The summed E-state index contributed by atoms with van der Waals surface area (Å²) >= 11 is 3.47. The molecule has 0 saturated heterocycles. The maximum atomic E-state index is 5.75. The third-order valence-electron chi connectivity index (χ3n) is 2.42. The lowest BCUT2D eigenvalue weighted by Gasteiger charge is -2.10. The molecule has 0 atom stereocenters. The van der Waals surface area contributed by atoms with Gasteiger partial charge in [-0.3, -0.25) is 5.10 Å². The van der Waals surface area contributed by atoms with Crippen molar-refractivity contribution in [1.29, 1.82) is 0 Å². The van der Waals surface area contributed by atoms with Crippen LogP contribution in [-0.4, -0.2) is 26.7 Å². The third-order valence-corrected chi connectivity index (χ3v) is 3.39. The van der Waals surface area contributed by atoms with Gasteiger partial charge in [-0.15, -0.1) is 0 Å². The Bertz CT molecular complexity index is 496. The first-order chi connectivity index (χ1) is 8.18. The Balaban J connectivity index is 1.97. The van der Waals surface area contributed by atoms with Crippen molar-refractivity contribution in [3.05, 3.63) is 28.4 Å².